The van der Waals surface area contributed by atoms with Gasteiger partial charge in [-0.3, -0.25) is 14.4 Å². The number of fused-ring (bicyclic) bond motifs is 1. The molecular formula is C24H34F2N4O3S. The summed E-state index contributed by atoms with van der Waals surface area (Å²) in [6.45, 7) is 3.10. The van der Waals surface area contributed by atoms with E-state index in [0.717, 1.165) is 62.8 Å². The molecule has 0 atom stereocenters. The second kappa shape index (κ2) is 11.1. The Morgan fingerprint density at radius 1 is 1.24 bits per heavy atom. The monoisotopic (exact) mass is 496 g/mol. The third-order valence-electron chi connectivity index (χ3n) is 6.65. The van der Waals surface area contributed by atoms with Crippen LogP contribution in [-0.4, -0.2) is 57.7 Å². The minimum Gasteiger partial charge on any atom is -0.483 e. The lowest BCUT2D eigenvalue weighted by molar-refractivity contribution is -0.122. The van der Waals surface area contributed by atoms with Gasteiger partial charge in [-0.25, -0.2) is 13.8 Å². The van der Waals surface area contributed by atoms with Crippen LogP contribution in [0.15, 0.2) is 12.4 Å². The van der Waals surface area contributed by atoms with Crippen LogP contribution in [-0.2, 0) is 24.8 Å². The topological polar surface area (TPSA) is 69.5 Å². The van der Waals surface area contributed by atoms with Crippen LogP contribution >= 0.6 is 11.3 Å². The predicted octanol–water partition coefficient (Wildman–Crippen LogP) is 4.50. The summed E-state index contributed by atoms with van der Waals surface area (Å²) in [6.07, 6.45) is 10.6. The molecule has 0 radical (unpaired) electrons. The van der Waals surface area contributed by atoms with E-state index in [1.165, 1.54) is 24.2 Å². The fraction of sp³-hybridized carbons (Fsp3) is 0.708. The lowest BCUT2D eigenvalue weighted by atomic mass is 9.78. The molecular weight excluding hydrogens is 462 g/mol. The zero-order chi connectivity index (χ0) is 24.1. The van der Waals surface area contributed by atoms with Gasteiger partial charge < -0.3 is 9.47 Å². The minimum absolute atomic E-state index is 0.118. The molecule has 3 heterocycles. The smallest absolute Gasteiger partial charge is 0.278 e. The third kappa shape index (κ3) is 7.46. The highest BCUT2D eigenvalue weighted by Gasteiger charge is 2.27. The molecule has 1 fully saturated rings. The van der Waals surface area contributed by atoms with Crippen LogP contribution in [0.4, 0.5) is 8.78 Å². The van der Waals surface area contributed by atoms with Gasteiger partial charge in [-0.15, -0.1) is 0 Å². The summed E-state index contributed by atoms with van der Waals surface area (Å²) in [4.78, 5) is 20.3. The molecule has 10 heteroatoms. The Morgan fingerprint density at radius 2 is 2.00 bits per heavy atom. The van der Waals surface area contributed by atoms with Crippen molar-refractivity contribution in [3.63, 3.8) is 0 Å². The van der Waals surface area contributed by atoms with Gasteiger partial charge in [0.1, 0.15) is 6.61 Å². The second-order valence-corrected chi connectivity index (χ2v) is 10.8. The van der Waals surface area contributed by atoms with E-state index in [1.807, 2.05) is 7.05 Å². The Hall–Kier alpha value is -2.07. The van der Waals surface area contributed by atoms with E-state index in [1.54, 1.807) is 17.1 Å². The van der Waals surface area contributed by atoms with Gasteiger partial charge in [-0.1, -0.05) is 24.2 Å². The molecule has 1 saturated carbocycles. The van der Waals surface area contributed by atoms with E-state index in [-0.39, 0.29) is 12.4 Å². The van der Waals surface area contributed by atoms with Gasteiger partial charge in [0, 0.05) is 38.4 Å². The van der Waals surface area contributed by atoms with Crippen molar-refractivity contribution in [1.29, 1.82) is 0 Å². The van der Waals surface area contributed by atoms with Gasteiger partial charge in [0.25, 0.3) is 11.1 Å². The van der Waals surface area contributed by atoms with Gasteiger partial charge in [-0.2, -0.15) is 5.10 Å². The molecule has 2 aromatic heterocycles. The normalized spacial score (nSPS) is 21.3. The maximum atomic E-state index is 13.0. The Bertz CT molecular complexity index is 950. The zero-order valence-corrected chi connectivity index (χ0v) is 20.8. The largest absolute Gasteiger partial charge is 0.483 e. The molecule has 0 spiro atoms. The van der Waals surface area contributed by atoms with E-state index >= 15 is 0 Å². The van der Waals surface area contributed by atoms with Crippen LogP contribution in [0, 0.1) is 11.8 Å². The number of ether oxygens (including phenoxy) is 2. The lowest BCUT2D eigenvalue weighted by Crippen LogP contribution is -2.32. The molecule has 0 unspecified atom stereocenters. The molecule has 1 aliphatic heterocycles. The molecule has 2 aliphatic rings. The molecule has 0 amide bonds. The van der Waals surface area contributed by atoms with Crippen molar-refractivity contribution < 1.29 is 23.0 Å². The van der Waals surface area contributed by atoms with Gasteiger partial charge >= 0.3 is 0 Å². The fourth-order valence-electron chi connectivity index (χ4n) is 4.78. The summed E-state index contributed by atoms with van der Waals surface area (Å²) < 4.78 is 38.4. The molecule has 7 nitrogen and oxygen atoms in total. The SMILES string of the molecule is Cn1cc(OCC(=O)CC2CCC(CCN3CCc4sc(OCC(C)(F)F)nc4C3)CC2)cn1. The van der Waals surface area contributed by atoms with Crippen LogP contribution in [0.5, 0.6) is 10.9 Å². The molecule has 0 saturated heterocycles. The first-order valence-corrected chi connectivity index (χ1v) is 12.9. The van der Waals surface area contributed by atoms with Crippen molar-refractivity contribution in [1.82, 2.24) is 19.7 Å². The number of rotatable bonds is 11. The number of Topliss-reactive ketones (excluding diaryl/α,β-unsaturated/α-hetero) is 1. The Labute approximate surface area is 203 Å². The highest BCUT2D eigenvalue weighted by atomic mass is 32.1. The standard InChI is InChI=1S/C24H34F2N4O3S/c1-24(25,26)16-33-23-28-21-14-30(10-8-22(21)34-23)9-7-17-3-5-18(6-4-17)11-19(31)15-32-20-12-27-29(2)13-20/h12-13,17-18H,3-11,14-16H2,1-2H3. The number of ketones is 1. The number of hydrogen-bond donors (Lipinski definition) is 0. The van der Waals surface area contributed by atoms with Gasteiger partial charge in [0.2, 0.25) is 0 Å². The van der Waals surface area contributed by atoms with Crippen molar-refractivity contribution in [2.75, 3.05) is 26.3 Å². The maximum absolute atomic E-state index is 13.0. The molecule has 188 valence electrons. The van der Waals surface area contributed by atoms with Crippen molar-refractivity contribution in [3.8, 4) is 10.9 Å². The van der Waals surface area contributed by atoms with Crippen molar-refractivity contribution in [2.45, 2.75) is 64.3 Å². The number of carbonyl (C=O) groups is 1. The van der Waals surface area contributed by atoms with Crippen molar-refractivity contribution in [2.24, 2.45) is 18.9 Å². The lowest BCUT2D eigenvalue weighted by Gasteiger charge is -2.31. The molecule has 0 N–H and O–H groups in total. The number of carbonyl (C=O) groups excluding carboxylic acids is 1. The first kappa shape index (κ1) is 25.0. The molecule has 1 aliphatic carbocycles. The Kier molecular flexibility index (Phi) is 8.18. The third-order valence-corrected chi connectivity index (χ3v) is 7.72. The zero-order valence-electron chi connectivity index (χ0n) is 20.0. The Balaban J connectivity index is 1.12. The quantitative estimate of drug-likeness (QED) is 0.456. The predicted molar refractivity (Wildman–Crippen MR) is 126 cm³/mol. The van der Waals surface area contributed by atoms with E-state index in [4.69, 9.17) is 9.47 Å². The number of halogens is 2. The molecule has 0 bridgehead atoms. The number of thiazole rings is 1. The minimum atomic E-state index is -2.85. The molecule has 0 aromatic carbocycles. The first-order chi connectivity index (χ1) is 16.2. The van der Waals surface area contributed by atoms with E-state index in [2.05, 4.69) is 15.0 Å². The summed E-state index contributed by atoms with van der Waals surface area (Å²) in [6, 6.07) is 0. The van der Waals surface area contributed by atoms with Gasteiger partial charge in [-0.05, 0) is 44.1 Å². The Morgan fingerprint density at radius 3 is 2.71 bits per heavy atom. The van der Waals surface area contributed by atoms with Crippen LogP contribution in [0.25, 0.3) is 0 Å². The first-order valence-electron chi connectivity index (χ1n) is 12.1. The molecule has 2 aromatic rings. The van der Waals surface area contributed by atoms with E-state index in [0.29, 0.717) is 29.2 Å². The van der Waals surface area contributed by atoms with Crippen LogP contribution in [0.2, 0.25) is 0 Å². The average Bonchev–Trinajstić information content (AvgIpc) is 3.40. The highest BCUT2D eigenvalue weighted by molar-refractivity contribution is 7.13. The number of nitrogens with zero attached hydrogens (tertiary/aromatic N) is 4. The summed E-state index contributed by atoms with van der Waals surface area (Å²) in [5.41, 5.74) is 0.974. The van der Waals surface area contributed by atoms with Crippen molar-refractivity contribution in [3.05, 3.63) is 23.0 Å². The van der Waals surface area contributed by atoms with E-state index < -0.39 is 12.5 Å². The fourth-order valence-corrected chi connectivity index (χ4v) is 5.68. The van der Waals surface area contributed by atoms with Crippen LogP contribution in [0.1, 0.15) is 56.0 Å². The summed E-state index contributed by atoms with van der Waals surface area (Å²) in [7, 11) is 1.82. The number of aryl methyl sites for hydroxylation is 1. The van der Waals surface area contributed by atoms with Crippen molar-refractivity contribution >= 4 is 17.1 Å². The number of hydrogen-bond acceptors (Lipinski definition) is 7. The van der Waals surface area contributed by atoms with Gasteiger partial charge in [0.15, 0.2) is 18.1 Å². The van der Waals surface area contributed by atoms with Crippen LogP contribution < -0.4 is 9.47 Å². The summed E-state index contributed by atoms with van der Waals surface area (Å²) in [5.74, 6) is -0.903. The number of aromatic nitrogens is 3. The van der Waals surface area contributed by atoms with Crippen LogP contribution in [0.3, 0.4) is 0 Å². The second-order valence-electron chi connectivity index (χ2n) is 9.79. The molecule has 4 rings (SSSR count). The number of alkyl halides is 2. The average molecular weight is 497 g/mol. The van der Waals surface area contributed by atoms with Gasteiger partial charge in [0.05, 0.1) is 18.1 Å². The maximum Gasteiger partial charge on any atom is 0.278 e. The summed E-state index contributed by atoms with van der Waals surface area (Å²) >= 11 is 1.40. The highest BCUT2D eigenvalue weighted by Crippen LogP contribution is 2.34. The van der Waals surface area contributed by atoms with E-state index in [9.17, 15) is 13.6 Å². The summed E-state index contributed by atoms with van der Waals surface area (Å²) in [5, 5.41) is 4.39. The molecule has 34 heavy (non-hydrogen) atoms.